The van der Waals surface area contributed by atoms with Crippen LogP contribution in [-0.4, -0.2) is 44.1 Å². The molecule has 29 heavy (non-hydrogen) atoms. The maximum absolute atomic E-state index is 12.7. The molecule has 2 heterocycles. The molecule has 5 nitrogen and oxygen atoms in total. The third kappa shape index (κ3) is 5.07. The highest BCUT2D eigenvalue weighted by atomic mass is 19.4. The van der Waals surface area contributed by atoms with Crippen LogP contribution >= 0.6 is 0 Å². The summed E-state index contributed by atoms with van der Waals surface area (Å²) in [5, 5.41) is 0. The van der Waals surface area contributed by atoms with Gasteiger partial charge < -0.3 is 9.64 Å². The van der Waals surface area contributed by atoms with Gasteiger partial charge in [0.2, 0.25) is 5.91 Å². The van der Waals surface area contributed by atoms with Crippen molar-refractivity contribution in [3.8, 4) is 5.75 Å². The van der Waals surface area contributed by atoms with Crippen molar-refractivity contribution >= 4 is 17.8 Å². The van der Waals surface area contributed by atoms with E-state index in [4.69, 9.17) is 4.74 Å². The van der Waals surface area contributed by atoms with Gasteiger partial charge in [-0.05, 0) is 31.2 Å². The summed E-state index contributed by atoms with van der Waals surface area (Å²) in [5.74, 6) is 1.19. The molecule has 8 heteroatoms. The zero-order valence-corrected chi connectivity index (χ0v) is 16.3. The topological polar surface area (TPSA) is 46.9 Å². The molecular formula is C21H23F3N3O2+. The highest BCUT2D eigenvalue weighted by Gasteiger charge is 2.32. The van der Waals surface area contributed by atoms with Crippen LogP contribution in [-0.2, 0) is 11.0 Å². The van der Waals surface area contributed by atoms with Crippen molar-refractivity contribution in [1.29, 1.82) is 0 Å². The number of nitrogens with one attached hydrogen (secondary N) is 1. The molecule has 1 amide bonds. The molecule has 0 saturated carbocycles. The second-order valence-electron chi connectivity index (χ2n) is 6.85. The minimum atomic E-state index is -4.37. The minimum Gasteiger partial charge on any atom is -0.496 e. The molecule has 2 aromatic rings. The standard InChI is InChI=1S/C21H22F3N3O2/c1-15-3-6-18(29-2)16(13-15)4-8-20(28)27-11-9-26(10-12-27)19-7-5-17(14-25-19)21(22,23)24/h3-8,13-14H,9-12H2,1-2H3/p+1/b8-4+. The van der Waals surface area contributed by atoms with E-state index < -0.39 is 11.7 Å². The normalized spacial score (nSPS) is 15.1. The molecule has 0 aliphatic carbocycles. The van der Waals surface area contributed by atoms with Gasteiger partial charge in [0.25, 0.3) is 5.82 Å². The summed E-state index contributed by atoms with van der Waals surface area (Å²) in [6, 6.07) is 8.22. The van der Waals surface area contributed by atoms with Crippen molar-refractivity contribution in [3.63, 3.8) is 0 Å². The number of aryl methyl sites for hydroxylation is 1. The molecule has 3 rings (SSSR count). The number of benzene rings is 1. The van der Waals surface area contributed by atoms with Gasteiger partial charge >= 0.3 is 6.18 Å². The number of piperazine rings is 1. The molecule has 0 radical (unpaired) electrons. The van der Waals surface area contributed by atoms with Gasteiger partial charge in [0.1, 0.15) is 25.0 Å². The lowest BCUT2D eigenvalue weighted by atomic mass is 10.1. The van der Waals surface area contributed by atoms with Gasteiger partial charge in [0.15, 0.2) is 0 Å². The van der Waals surface area contributed by atoms with E-state index in [0.717, 1.165) is 23.4 Å². The van der Waals surface area contributed by atoms with Crippen molar-refractivity contribution in [2.45, 2.75) is 13.1 Å². The van der Waals surface area contributed by atoms with Gasteiger partial charge in [-0.2, -0.15) is 13.2 Å². The first kappa shape index (κ1) is 20.7. The Morgan fingerprint density at radius 1 is 1.14 bits per heavy atom. The van der Waals surface area contributed by atoms with Crippen LogP contribution in [0.4, 0.5) is 19.0 Å². The quantitative estimate of drug-likeness (QED) is 0.733. The Bertz CT molecular complexity index is 887. The number of aromatic nitrogens is 1. The van der Waals surface area contributed by atoms with Crippen molar-refractivity contribution < 1.29 is 27.7 Å². The second-order valence-corrected chi connectivity index (χ2v) is 6.85. The number of amides is 1. The number of carbonyl (C=O) groups is 1. The number of pyridine rings is 1. The smallest absolute Gasteiger partial charge is 0.419 e. The summed E-state index contributed by atoms with van der Waals surface area (Å²) in [6.45, 7) is 4.02. The Morgan fingerprint density at radius 3 is 2.45 bits per heavy atom. The molecule has 1 aliphatic rings. The van der Waals surface area contributed by atoms with Crippen molar-refractivity contribution in [2.24, 2.45) is 0 Å². The Kier molecular flexibility index (Phi) is 6.10. The summed E-state index contributed by atoms with van der Waals surface area (Å²) in [5.41, 5.74) is 1.19. The molecule has 1 aliphatic heterocycles. The van der Waals surface area contributed by atoms with Crippen LogP contribution in [0.5, 0.6) is 5.75 Å². The Balaban J connectivity index is 1.59. The fraction of sp³-hybridized carbons (Fsp3) is 0.333. The van der Waals surface area contributed by atoms with Crippen LogP contribution in [0.3, 0.4) is 0 Å². The molecule has 1 fully saturated rings. The van der Waals surface area contributed by atoms with E-state index in [1.165, 1.54) is 12.1 Å². The number of hydrogen-bond acceptors (Lipinski definition) is 3. The molecule has 0 unspecified atom stereocenters. The molecule has 0 spiro atoms. The number of hydrogen-bond donors (Lipinski definition) is 0. The predicted octanol–water partition coefficient (Wildman–Crippen LogP) is 3.20. The van der Waals surface area contributed by atoms with Gasteiger partial charge in [-0.25, -0.2) is 4.98 Å². The first-order chi connectivity index (χ1) is 13.8. The summed E-state index contributed by atoms with van der Waals surface area (Å²) >= 11 is 0. The lowest BCUT2D eigenvalue weighted by molar-refractivity contribution is -0.367. The van der Waals surface area contributed by atoms with Crippen LogP contribution in [0.2, 0.25) is 0 Å². The predicted molar refractivity (Wildman–Crippen MR) is 104 cm³/mol. The van der Waals surface area contributed by atoms with Crippen LogP contribution in [0, 0.1) is 6.92 Å². The monoisotopic (exact) mass is 406 g/mol. The average molecular weight is 406 g/mol. The third-order valence-electron chi connectivity index (χ3n) is 4.85. The number of alkyl halides is 3. The zero-order chi connectivity index (χ0) is 21.0. The van der Waals surface area contributed by atoms with E-state index in [-0.39, 0.29) is 5.91 Å². The molecule has 0 bridgehead atoms. The molecule has 1 aromatic carbocycles. The lowest BCUT2D eigenvalue weighted by Crippen LogP contribution is -2.49. The number of anilines is 1. The first-order valence-corrected chi connectivity index (χ1v) is 9.23. The van der Waals surface area contributed by atoms with Gasteiger partial charge in [0, 0.05) is 17.7 Å². The molecule has 1 saturated heterocycles. The SMILES string of the molecule is COc1ccc(C)cc1/C=C/C(=O)N1CCN(c2ccc(C(F)(F)F)c[nH+]2)CC1. The van der Waals surface area contributed by atoms with E-state index >= 15 is 0 Å². The summed E-state index contributed by atoms with van der Waals surface area (Å²) in [6.07, 6.45) is -0.140. The number of ether oxygens (including phenoxy) is 1. The number of H-pyrrole nitrogens is 1. The minimum absolute atomic E-state index is 0.107. The number of methoxy groups -OCH3 is 1. The average Bonchev–Trinajstić information content (AvgIpc) is 2.71. The summed E-state index contributed by atoms with van der Waals surface area (Å²) in [7, 11) is 1.58. The maximum Gasteiger partial charge on any atom is 0.419 e. The third-order valence-corrected chi connectivity index (χ3v) is 4.85. The highest BCUT2D eigenvalue weighted by molar-refractivity contribution is 5.92. The van der Waals surface area contributed by atoms with E-state index in [2.05, 4.69) is 4.98 Å². The molecule has 1 N–H and O–H groups in total. The van der Waals surface area contributed by atoms with E-state index in [0.29, 0.717) is 37.7 Å². The van der Waals surface area contributed by atoms with Gasteiger partial charge in [-0.15, -0.1) is 0 Å². The van der Waals surface area contributed by atoms with Gasteiger partial charge in [-0.3, -0.25) is 9.69 Å². The molecule has 0 atom stereocenters. The fourth-order valence-electron chi connectivity index (χ4n) is 3.21. The van der Waals surface area contributed by atoms with Crippen LogP contribution in [0.25, 0.3) is 6.08 Å². The van der Waals surface area contributed by atoms with Crippen molar-refractivity contribution in [3.05, 3.63) is 59.3 Å². The molecule has 1 aromatic heterocycles. The summed E-state index contributed by atoms with van der Waals surface area (Å²) < 4.78 is 43.3. The number of aromatic amines is 1. The fourth-order valence-corrected chi connectivity index (χ4v) is 3.21. The zero-order valence-electron chi connectivity index (χ0n) is 16.3. The number of halogens is 3. The Hall–Kier alpha value is -3.03. The van der Waals surface area contributed by atoms with Crippen LogP contribution in [0.15, 0.2) is 42.6 Å². The highest BCUT2D eigenvalue weighted by Crippen LogP contribution is 2.28. The lowest BCUT2D eigenvalue weighted by Gasteiger charge is -2.30. The summed E-state index contributed by atoms with van der Waals surface area (Å²) in [4.78, 5) is 18.8. The Labute approximate surface area is 167 Å². The largest absolute Gasteiger partial charge is 0.496 e. The molecule has 154 valence electrons. The molecular weight excluding hydrogens is 383 g/mol. The van der Waals surface area contributed by atoms with Crippen LogP contribution < -0.4 is 14.6 Å². The van der Waals surface area contributed by atoms with E-state index in [9.17, 15) is 18.0 Å². The van der Waals surface area contributed by atoms with Crippen molar-refractivity contribution in [1.82, 2.24) is 4.90 Å². The van der Waals surface area contributed by atoms with Crippen molar-refractivity contribution in [2.75, 3.05) is 38.2 Å². The van der Waals surface area contributed by atoms with Gasteiger partial charge in [0.05, 0.1) is 25.8 Å². The number of rotatable bonds is 4. The van der Waals surface area contributed by atoms with E-state index in [1.807, 2.05) is 30.0 Å². The van der Waals surface area contributed by atoms with E-state index in [1.54, 1.807) is 18.1 Å². The number of nitrogens with zero attached hydrogens (tertiary/aromatic N) is 2. The Morgan fingerprint density at radius 2 is 1.86 bits per heavy atom. The van der Waals surface area contributed by atoms with Gasteiger partial charge in [-0.1, -0.05) is 11.6 Å². The number of carbonyl (C=O) groups excluding carboxylic acids is 1. The van der Waals surface area contributed by atoms with Crippen LogP contribution in [0.1, 0.15) is 16.7 Å². The second kappa shape index (κ2) is 8.55. The first-order valence-electron chi connectivity index (χ1n) is 9.23. The maximum atomic E-state index is 12.7.